The Labute approximate surface area is 126 Å². The van der Waals surface area contributed by atoms with Crippen LogP contribution in [0.1, 0.15) is 29.8 Å². The lowest BCUT2D eigenvalue weighted by Gasteiger charge is -2.15. The predicted molar refractivity (Wildman–Crippen MR) is 85.1 cm³/mol. The van der Waals surface area contributed by atoms with Crippen LogP contribution in [0.15, 0.2) is 40.2 Å². The average Bonchev–Trinajstić information content (AvgIpc) is 2.85. The molecule has 0 fully saturated rings. The largest absolute Gasteiger partial charge is 0.494 e. The molecule has 4 heteroatoms. The third kappa shape index (κ3) is 3.81. The summed E-state index contributed by atoms with van der Waals surface area (Å²) in [5.74, 6) is 0.938. The molecule has 1 aromatic carbocycles. The minimum absolute atomic E-state index is 0.233. The van der Waals surface area contributed by atoms with Crippen molar-refractivity contribution in [2.75, 3.05) is 13.7 Å². The SMILES string of the molecule is CCCOc1ccc(C(NC)c2cc(Br)cs2)cc1. The van der Waals surface area contributed by atoms with Crippen molar-refractivity contribution < 1.29 is 4.74 Å². The molecule has 0 aliphatic carbocycles. The van der Waals surface area contributed by atoms with E-state index in [9.17, 15) is 0 Å². The van der Waals surface area contributed by atoms with Crippen molar-refractivity contribution in [3.8, 4) is 5.75 Å². The summed E-state index contributed by atoms with van der Waals surface area (Å²) in [7, 11) is 1.99. The predicted octanol–water partition coefficient (Wildman–Crippen LogP) is 4.61. The van der Waals surface area contributed by atoms with Crippen molar-refractivity contribution in [1.82, 2.24) is 5.32 Å². The monoisotopic (exact) mass is 339 g/mol. The van der Waals surface area contributed by atoms with Gasteiger partial charge in [0.1, 0.15) is 5.75 Å². The molecule has 0 spiro atoms. The second kappa shape index (κ2) is 7.08. The lowest BCUT2D eigenvalue weighted by molar-refractivity contribution is 0.317. The Morgan fingerprint density at radius 2 is 2.05 bits per heavy atom. The first kappa shape index (κ1) is 14.6. The van der Waals surface area contributed by atoms with Crippen LogP contribution < -0.4 is 10.1 Å². The summed E-state index contributed by atoms with van der Waals surface area (Å²) in [5.41, 5.74) is 1.25. The second-order valence-electron chi connectivity index (χ2n) is 4.31. The molecule has 0 bridgehead atoms. The molecular formula is C15H18BrNOS. The molecule has 1 atom stereocenters. The molecule has 19 heavy (non-hydrogen) atoms. The van der Waals surface area contributed by atoms with Gasteiger partial charge in [-0.2, -0.15) is 0 Å². The van der Waals surface area contributed by atoms with Gasteiger partial charge in [-0.3, -0.25) is 0 Å². The number of ether oxygens (including phenoxy) is 1. The number of thiophene rings is 1. The summed E-state index contributed by atoms with van der Waals surface area (Å²) < 4.78 is 6.74. The zero-order valence-electron chi connectivity index (χ0n) is 11.2. The molecule has 0 amide bonds. The van der Waals surface area contributed by atoms with E-state index in [4.69, 9.17) is 4.74 Å². The maximum absolute atomic E-state index is 5.61. The quantitative estimate of drug-likeness (QED) is 0.829. The van der Waals surface area contributed by atoms with Crippen LogP contribution >= 0.6 is 27.3 Å². The molecule has 2 aromatic rings. The first-order chi connectivity index (χ1) is 9.24. The molecule has 0 radical (unpaired) electrons. The van der Waals surface area contributed by atoms with E-state index in [1.165, 1.54) is 10.4 Å². The van der Waals surface area contributed by atoms with Gasteiger partial charge in [-0.15, -0.1) is 11.3 Å². The maximum Gasteiger partial charge on any atom is 0.119 e. The van der Waals surface area contributed by atoms with E-state index in [-0.39, 0.29) is 6.04 Å². The van der Waals surface area contributed by atoms with E-state index in [2.05, 4.69) is 51.7 Å². The van der Waals surface area contributed by atoms with Crippen molar-refractivity contribution >= 4 is 27.3 Å². The van der Waals surface area contributed by atoms with Crippen molar-refractivity contribution in [3.05, 3.63) is 50.6 Å². The van der Waals surface area contributed by atoms with E-state index in [0.29, 0.717) is 0 Å². The molecule has 0 aliphatic heterocycles. The zero-order chi connectivity index (χ0) is 13.7. The third-order valence-corrected chi connectivity index (χ3v) is 4.61. The lowest BCUT2D eigenvalue weighted by Crippen LogP contribution is -2.16. The minimum atomic E-state index is 0.233. The van der Waals surface area contributed by atoms with Gasteiger partial charge in [0.25, 0.3) is 0 Å². The van der Waals surface area contributed by atoms with E-state index in [1.807, 2.05) is 19.2 Å². The highest BCUT2D eigenvalue weighted by atomic mass is 79.9. The number of rotatable bonds is 6. The highest BCUT2D eigenvalue weighted by molar-refractivity contribution is 9.10. The van der Waals surface area contributed by atoms with Gasteiger partial charge in [0, 0.05) is 14.7 Å². The van der Waals surface area contributed by atoms with Gasteiger partial charge >= 0.3 is 0 Å². The second-order valence-corrected chi connectivity index (χ2v) is 6.16. The number of hydrogen-bond acceptors (Lipinski definition) is 3. The van der Waals surface area contributed by atoms with E-state index in [0.717, 1.165) is 23.2 Å². The number of benzene rings is 1. The van der Waals surface area contributed by atoms with Gasteiger partial charge in [-0.05, 0) is 53.2 Å². The molecule has 2 nitrogen and oxygen atoms in total. The smallest absolute Gasteiger partial charge is 0.119 e. The fourth-order valence-corrected chi connectivity index (χ4v) is 3.51. The van der Waals surface area contributed by atoms with E-state index in [1.54, 1.807) is 11.3 Å². The van der Waals surface area contributed by atoms with Crippen LogP contribution in [0.3, 0.4) is 0 Å². The van der Waals surface area contributed by atoms with Gasteiger partial charge in [0.2, 0.25) is 0 Å². The molecule has 2 rings (SSSR count). The standard InChI is InChI=1S/C15H18BrNOS/c1-3-8-18-13-6-4-11(5-7-13)15(17-2)14-9-12(16)10-19-14/h4-7,9-10,15,17H,3,8H2,1-2H3. The Hall–Kier alpha value is -0.840. The van der Waals surface area contributed by atoms with Crippen LogP contribution in [0.2, 0.25) is 0 Å². The summed E-state index contributed by atoms with van der Waals surface area (Å²) in [6.45, 7) is 2.88. The Balaban J connectivity index is 2.15. The third-order valence-electron chi connectivity index (χ3n) is 2.85. The molecule has 1 heterocycles. The van der Waals surface area contributed by atoms with Crippen molar-refractivity contribution in [2.45, 2.75) is 19.4 Å². The van der Waals surface area contributed by atoms with Crippen LogP contribution in [0, 0.1) is 0 Å². The molecule has 1 aromatic heterocycles. The molecule has 0 saturated carbocycles. The van der Waals surface area contributed by atoms with Crippen molar-refractivity contribution in [2.24, 2.45) is 0 Å². The Kier molecular flexibility index (Phi) is 5.43. The van der Waals surface area contributed by atoms with E-state index < -0.39 is 0 Å². The van der Waals surface area contributed by atoms with E-state index >= 15 is 0 Å². The lowest BCUT2D eigenvalue weighted by atomic mass is 10.1. The first-order valence-electron chi connectivity index (χ1n) is 6.38. The zero-order valence-corrected chi connectivity index (χ0v) is 13.6. The van der Waals surface area contributed by atoms with Gasteiger partial charge < -0.3 is 10.1 Å². The molecule has 0 aliphatic rings. The number of nitrogens with one attached hydrogen (secondary N) is 1. The van der Waals surface area contributed by atoms with Crippen LogP contribution in [0.4, 0.5) is 0 Å². The molecule has 1 N–H and O–H groups in total. The first-order valence-corrected chi connectivity index (χ1v) is 8.05. The summed E-state index contributed by atoms with van der Waals surface area (Å²) in [6.07, 6.45) is 1.03. The Morgan fingerprint density at radius 1 is 1.32 bits per heavy atom. The minimum Gasteiger partial charge on any atom is -0.494 e. The molecule has 102 valence electrons. The fraction of sp³-hybridized carbons (Fsp3) is 0.333. The van der Waals surface area contributed by atoms with Gasteiger partial charge in [-0.1, -0.05) is 19.1 Å². The number of hydrogen-bond donors (Lipinski definition) is 1. The summed E-state index contributed by atoms with van der Waals surface area (Å²) >= 11 is 5.26. The summed E-state index contributed by atoms with van der Waals surface area (Å²) in [4.78, 5) is 1.30. The van der Waals surface area contributed by atoms with Crippen molar-refractivity contribution in [1.29, 1.82) is 0 Å². The molecular weight excluding hydrogens is 322 g/mol. The van der Waals surface area contributed by atoms with Crippen LogP contribution in [0.5, 0.6) is 5.75 Å². The topological polar surface area (TPSA) is 21.3 Å². The van der Waals surface area contributed by atoms with Gasteiger partial charge in [0.05, 0.1) is 12.6 Å². The average molecular weight is 340 g/mol. The van der Waals surface area contributed by atoms with Crippen molar-refractivity contribution in [3.63, 3.8) is 0 Å². The summed E-state index contributed by atoms with van der Waals surface area (Å²) in [6, 6.07) is 10.7. The molecule has 1 unspecified atom stereocenters. The Morgan fingerprint density at radius 3 is 2.58 bits per heavy atom. The van der Waals surface area contributed by atoms with Crippen LogP contribution in [0.25, 0.3) is 0 Å². The Bertz CT molecular complexity index is 509. The molecule has 0 saturated heterocycles. The fourth-order valence-electron chi connectivity index (χ4n) is 1.93. The number of halogens is 1. The van der Waals surface area contributed by atoms with Gasteiger partial charge in [0.15, 0.2) is 0 Å². The summed E-state index contributed by atoms with van der Waals surface area (Å²) in [5, 5.41) is 5.47. The van der Waals surface area contributed by atoms with Crippen LogP contribution in [-0.2, 0) is 0 Å². The highest BCUT2D eigenvalue weighted by Crippen LogP contribution is 2.30. The maximum atomic E-state index is 5.61. The highest BCUT2D eigenvalue weighted by Gasteiger charge is 2.13. The van der Waals surface area contributed by atoms with Crippen LogP contribution in [-0.4, -0.2) is 13.7 Å². The normalized spacial score (nSPS) is 12.4. The van der Waals surface area contributed by atoms with Gasteiger partial charge in [-0.25, -0.2) is 0 Å².